The molecular formula is C17H18FN3O. The number of aliphatic hydroxyl groups is 1. The van der Waals surface area contributed by atoms with Crippen molar-refractivity contribution in [2.24, 2.45) is 0 Å². The van der Waals surface area contributed by atoms with Crippen LogP contribution in [0, 0.1) is 26.6 Å². The average Bonchev–Trinajstić information content (AvgIpc) is 2.84. The van der Waals surface area contributed by atoms with Gasteiger partial charge < -0.3 is 5.11 Å². The molecule has 0 atom stereocenters. The summed E-state index contributed by atoms with van der Waals surface area (Å²) in [6.07, 6.45) is 1.87. The predicted octanol–water partition coefficient (Wildman–Crippen LogP) is 3.15. The van der Waals surface area contributed by atoms with Gasteiger partial charge in [0, 0.05) is 22.7 Å². The Labute approximate surface area is 128 Å². The number of hydrogen-bond acceptors (Lipinski definition) is 3. The van der Waals surface area contributed by atoms with Crippen molar-refractivity contribution in [2.75, 3.05) is 6.61 Å². The Balaban J connectivity index is 2.21. The first kappa shape index (κ1) is 14.7. The maximum atomic E-state index is 13.8. The molecule has 0 radical (unpaired) electrons. The topological polar surface area (TPSA) is 50.9 Å². The molecule has 3 rings (SSSR count). The number of nitrogens with zero attached hydrogens (tertiary/aromatic N) is 3. The number of halogens is 1. The Morgan fingerprint density at radius 3 is 2.73 bits per heavy atom. The zero-order valence-corrected chi connectivity index (χ0v) is 12.9. The summed E-state index contributed by atoms with van der Waals surface area (Å²) in [6.45, 7) is 6.13. The predicted molar refractivity (Wildman–Crippen MR) is 84.2 cm³/mol. The van der Waals surface area contributed by atoms with Crippen LogP contribution in [0.15, 0.2) is 24.4 Å². The molecule has 0 aliphatic rings. The third-order valence-corrected chi connectivity index (χ3v) is 3.93. The van der Waals surface area contributed by atoms with E-state index in [2.05, 4.69) is 10.1 Å². The minimum absolute atomic E-state index is 0.0368. The Morgan fingerprint density at radius 1 is 1.23 bits per heavy atom. The van der Waals surface area contributed by atoms with Gasteiger partial charge in [-0.15, -0.1) is 0 Å². The van der Waals surface area contributed by atoms with Crippen molar-refractivity contribution in [1.29, 1.82) is 0 Å². The molecule has 3 aromatic rings. The van der Waals surface area contributed by atoms with Crippen LogP contribution in [-0.2, 0) is 6.54 Å². The van der Waals surface area contributed by atoms with Crippen LogP contribution in [0.1, 0.15) is 16.8 Å². The fourth-order valence-electron chi connectivity index (χ4n) is 2.70. The minimum Gasteiger partial charge on any atom is -0.394 e. The fourth-order valence-corrected chi connectivity index (χ4v) is 2.70. The Kier molecular flexibility index (Phi) is 3.66. The summed E-state index contributed by atoms with van der Waals surface area (Å²) in [5.74, 6) is -0.246. The van der Waals surface area contributed by atoms with E-state index in [9.17, 15) is 4.39 Å². The van der Waals surface area contributed by atoms with Gasteiger partial charge in [-0.2, -0.15) is 5.10 Å². The first-order valence-electron chi connectivity index (χ1n) is 7.23. The van der Waals surface area contributed by atoms with E-state index in [1.807, 2.05) is 26.1 Å². The number of rotatable bonds is 3. The highest BCUT2D eigenvalue weighted by atomic mass is 19.1. The first-order valence-corrected chi connectivity index (χ1v) is 7.23. The van der Waals surface area contributed by atoms with Gasteiger partial charge in [0.15, 0.2) is 0 Å². The van der Waals surface area contributed by atoms with E-state index in [4.69, 9.17) is 5.11 Å². The van der Waals surface area contributed by atoms with Crippen molar-refractivity contribution < 1.29 is 9.50 Å². The van der Waals surface area contributed by atoms with Gasteiger partial charge in [0.05, 0.1) is 30.1 Å². The highest BCUT2D eigenvalue weighted by molar-refractivity contribution is 5.87. The Morgan fingerprint density at radius 2 is 2.00 bits per heavy atom. The summed E-state index contributed by atoms with van der Waals surface area (Å²) in [6, 6.07) is 5.25. The van der Waals surface area contributed by atoms with E-state index >= 15 is 0 Å². The maximum Gasteiger partial charge on any atom is 0.128 e. The summed E-state index contributed by atoms with van der Waals surface area (Å²) in [4.78, 5) is 4.65. The lowest BCUT2D eigenvalue weighted by Gasteiger charge is -2.08. The van der Waals surface area contributed by atoms with Crippen LogP contribution in [0.5, 0.6) is 0 Å². The van der Waals surface area contributed by atoms with Crippen molar-refractivity contribution in [3.8, 4) is 11.3 Å². The smallest absolute Gasteiger partial charge is 0.128 e. The second kappa shape index (κ2) is 5.50. The molecule has 1 N–H and O–H groups in total. The summed E-state index contributed by atoms with van der Waals surface area (Å²) in [7, 11) is 0. The number of aliphatic hydroxyl groups excluding tert-OH is 1. The van der Waals surface area contributed by atoms with Crippen LogP contribution in [0.3, 0.4) is 0 Å². The second-order valence-corrected chi connectivity index (χ2v) is 5.51. The summed E-state index contributed by atoms with van der Waals surface area (Å²) < 4.78 is 15.5. The largest absolute Gasteiger partial charge is 0.394 e. The first-order chi connectivity index (χ1) is 10.5. The van der Waals surface area contributed by atoms with Gasteiger partial charge in [0.1, 0.15) is 5.82 Å². The highest BCUT2D eigenvalue weighted by Gasteiger charge is 2.13. The molecule has 22 heavy (non-hydrogen) atoms. The Hall–Kier alpha value is -2.27. The summed E-state index contributed by atoms with van der Waals surface area (Å²) in [5.41, 5.74) is 4.82. The molecule has 0 saturated carbocycles. The van der Waals surface area contributed by atoms with Crippen LogP contribution >= 0.6 is 0 Å². The SMILES string of the molecule is Cc1nn(CCO)cc1-c1cc(C)c2ccc(F)c(C)c2n1. The minimum atomic E-state index is -0.246. The molecule has 0 saturated heterocycles. The normalized spacial score (nSPS) is 11.3. The van der Waals surface area contributed by atoms with Gasteiger partial charge in [-0.25, -0.2) is 9.37 Å². The van der Waals surface area contributed by atoms with E-state index in [0.29, 0.717) is 17.6 Å². The number of benzene rings is 1. The number of hydrogen-bond donors (Lipinski definition) is 1. The van der Waals surface area contributed by atoms with E-state index in [0.717, 1.165) is 27.9 Å². The number of aromatic nitrogens is 3. The monoisotopic (exact) mass is 299 g/mol. The number of aryl methyl sites for hydroxylation is 3. The molecule has 0 aliphatic heterocycles. The van der Waals surface area contributed by atoms with E-state index in [1.165, 1.54) is 6.07 Å². The van der Waals surface area contributed by atoms with Gasteiger partial charge >= 0.3 is 0 Å². The molecule has 4 nitrogen and oxygen atoms in total. The third-order valence-electron chi connectivity index (χ3n) is 3.93. The highest BCUT2D eigenvalue weighted by Crippen LogP contribution is 2.28. The molecule has 2 heterocycles. The lowest BCUT2D eigenvalue weighted by molar-refractivity contribution is 0.269. The van der Waals surface area contributed by atoms with Crippen molar-refractivity contribution >= 4 is 10.9 Å². The van der Waals surface area contributed by atoms with E-state index in [1.54, 1.807) is 17.7 Å². The van der Waals surface area contributed by atoms with Crippen LogP contribution in [0.4, 0.5) is 4.39 Å². The van der Waals surface area contributed by atoms with Crippen molar-refractivity contribution in [1.82, 2.24) is 14.8 Å². The number of pyridine rings is 1. The van der Waals surface area contributed by atoms with Crippen LogP contribution < -0.4 is 0 Å². The second-order valence-electron chi connectivity index (χ2n) is 5.51. The molecule has 0 spiro atoms. The molecule has 0 aliphatic carbocycles. The van der Waals surface area contributed by atoms with E-state index in [-0.39, 0.29) is 12.4 Å². The van der Waals surface area contributed by atoms with Crippen LogP contribution in [-0.4, -0.2) is 26.5 Å². The zero-order chi connectivity index (χ0) is 15.9. The molecule has 0 unspecified atom stereocenters. The van der Waals surface area contributed by atoms with Gasteiger partial charge in [0.25, 0.3) is 0 Å². The van der Waals surface area contributed by atoms with Crippen molar-refractivity contribution in [2.45, 2.75) is 27.3 Å². The van der Waals surface area contributed by atoms with Gasteiger partial charge in [-0.3, -0.25) is 4.68 Å². The quantitative estimate of drug-likeness (QED) is 0.808. The van der Waals surface area contributed by atoms with Crippen LogP contribution in [0.2, 0.25) is 0 Å². The molecule has 0 amide bonds. The van der Waals surface area contributed by atoms with Crippen molar-refractivity contribution in [3.63, 3.8) is 0 Å². The molecule has 0 bridgehead atoms. The summed E-state index contributed by atoms with van der Waals surface area (Å²) in [5, 5.41) is 14.4. The maximum absolute atomic E-state index is 13.8. The fraction of sp³-hybridized carbons (Fsp3) is 0.294. The van der Waals surface area contributed by atoms with Crippen molar-refractivity contribution in [3.05, 3.63) is 47.0 Å². The number of fused-ring (bicyclic) bond motifs is 1. The lowest BCUT2D eigenvalue weighted by Crippen LogP contribution is -2.02. The van der Waals surface area contributed by atoms with Gasteiger partial charge in [-0.1, -0.05) is 0 Å². The summed E-state index contributed by atoms with van der Waals surface area (Å²) >= 11 is 0. The standard InChI is InChI=1S/C17H18FN3O/c1-10-8-16(14-9-21(6-7-22)20-12(14)3)19-17-11(2)15(18)5-4-13(10)17/h4-5,8-9,22H,6-7H2,1-3H3. The molecular weight excluding hydrogens is 281 g/mol. The van der Waals surface area contributed by atoms with Crippen LogP contribution in [0.25, 0.3) is 22.2 Å². The van der Waals surface area contributed by atoms with E-state index < -0.39 is 0 Å². The van der Waals surface area contributed by atoms with Gasteiger partial charge in [0.2, 0.25) is 0 Å². The molecule has 2 aromatic heterocycles. The molecule has 114 valence electrons. The zero-order valence-electron chi connectivity index (χ0n) is 12.9. The Bertz CT molecular complexity index is 855. The lowest BCUT2D eigenvalue weighted by atomic mass is 10.0. The molecule has 5 heteroatoms. The average molecular weight is 299 g/mol. The molecule has 1 aromatic carbocycles. The third kappa shape index (κ3) is 2.37. The van der Waals surface area contributed by atoms with Gasteiger partial charge in [-0.05, 0) is 44.5 Å². The molecule has 0 fully saturated rings.